The van der Waals surface area contributed by atoms with Crippen molar-refractivity contribution in [2.75, 3.05) is 0 Å². The van der Waals surface area contributed by atoms with Crippen LogP contribution >= 0.6 is 0 Å². The molecule has 0 aromatic heterocycles. The summed E-state index contributed by atoms with van der Waals surface area (Å²) in [5.74, 6) is 2.93. The van der Waals surface area contributed by atoms with E-state index in [1.807, 2.05) is 6.08 Å². The molecule has 0 radical (unpaired) electrons. The molecule has 3 N–H and O–H groups in total. The van der Waals surface area contributed by atoms with Gasteiger partial charge >= 0.3 is 0 Å². The molecule has 0 amide bonds. The average Bonchev–Trinajstić information content (AvgIpc) is 2.92. The lowest BCUT2D eigenvalue weighted by Crippen LogP contribution is -2.50. The average molecular weight is 344 g/mol. The molecule has 3 heteroatoms. The van der Waals surface area contributed by atoms with Gasteiger partial charge in [0.2, 0.25) is 0 Å². The lowest BCUT2D eigenvalue weighted by atomic mass is 9.48. The van der Waals surface area contributed by atoms with Crippen molar-refractivity contribution >= 4 is 5.78 Å². The number of carbonyl (C=O) groups excluding carboxylic acids is 1. The van der Waals surface area contributed by atoms with Crippen molar-refractivity contribution in [3.05, 3.63) is 23.8 Å². The van der Waals surface area contributed by atoms with E-state index in [4.69, 9.17) is 5.73 Å². The van der Waals surface area contributed by atoms with Gasteiger partial charge in [0.15, 0.2) is 5.78 Å². The molecular formula is C22H33NO2. The first-order chi connectivity index (χ1) is 11.8. The maximum Gasteiger partial charge on any atom is 0.156 e. The van der Waals surface area contributed by atoms with E-state index in [0.717, 1.165) is 6.42 Å². The second kappa shape index (κ2) is 5.79. The molecule has 8 atom stereocenters. The third-order valence-corrected chi connectivity index (χ3v) is 8.76. The van der Waals surface area contributed by atoms with Crippen LogP contribution in [0.2, 0.25) is 0 Å². The van der Waals surface area contributed by atoms with E-state index in [0.29, 0.717) is 35.9 Å². The summed E-state index contributed by atoms with van der Waals surface area (Å²) < 4.78 is 0. The van der Waals surface area contributed by atoms with E-state index < -0.39 is 6.23 Å². The number of allylic oxidation sites excluding steroid dienone is 4. The van der Waals surface area contributed by atoms with Gasteiger partial charge in [-0.25, -0.2) is 0 Å². The van der Waals surface area contributed by atoms with Crippen molar-refractivity contribution in [3.63, 3.8) is 0 Å². The Hall–Kier alpha value is -0.930. The minimum Gasteiger partial charge on any atom is -0.379 e. The smallest absolute Gasteiger partial charge is 0.156 e. The molecule has 2 unspecified atom stereocenters. The summed E-state index contributed by atoms with van der Waals surface area (Å²) in [7, 11) is 0. The van der Waals surface area contributed by atoms with Gasteiger partial charge in [-0.3, -0.25) is 4.79 Å². The van der Waals surface area contributed by atoms with E-state index in [2.05, 4.69) is 32.9 Å². The van der Waals surface area contributed by atoms with Crippen LogP contribution in [0.25, 0.3) is 0 Å². The number of hydrogen-bond acceptors (Lipinski definition) is 3. The van der Waals surface area contributed by atoms with Gasteiger partial charge in [0.05, 0.1) is 0 Å². The van der Waals surface area contributed by atoms with E-state index in [1.54, 1.807) is 0 Å². The Morgan fingerprint density at radius 1 is 1.20 bits per heavy atom. The van der Waals surface area contributed by atoms with Gasteiger partial charge in [-0.2, -0.15) is 0 Å². The van der Waals surface area contributed by atoms with Crippen LogP contribution < -0.4 is 5.73 Å². The van der Waals surface area contributed by atoms with Gasteiger partial charge in [-0.1, -0.05) is 32.9 Å². The second-order valence-corrected chi connectivity index (χ2v) is 9.71. The summed E-state index contributed by atoms with van der Waals surface area (Å²) >= 11 is 0. The Balaban J connectivity index is 1.67. The molecule has 2 saturated carbocycles. The number of rotatable bonds is 2. The van der Waals surface area contributed by atoms with Crippen LogP contribution in [0.1, 0.15) is 59.3 Å². The van der Waals surface area contributed by atoms with Crippen LogP contribution in [0.15, 0.2) is 23.8 Å². The van der Waals surface area contributed by atoms with Crippen molar-refractivity contribution < 1.29 is 9.90 Å². The predicted octanol–water partition coefficient (Wildman–Crippen LogP) is 3.82. The zero-order valence-corrected chi connectivity index (χ0v) is 15.9. The maximum atomic E-state index is 11.9. The molecule has 0 bridgehead atoms. The molecule has 0 spiro atoms. The molecular weight excluding hydrogens is 310 g/mol. The molecule has 2 fully saturated rings. The number of aliphatic hydroxyl groups is 1. The fourth-order valence-electron chi connectivity index (χ4n) is 7.14. The maximum absolute atomic E-state index is 11.9. The largest absolute Gasteiger partial charge is 0.379 e. The Labute approximate surface area is 151 Å². The van der Waals surface area contributed by atoms with Gasteiger partial charge < -0.3 is 10.8 Å². The Morgan fingerprint density at radius 2 is 1.96 bits per heavy atom. The summed E-state index contributed by atoms with van der Waals surface area (Å²) in [6.07, 6.45) is 12.5. The highest BCUT2D eigenvalue weighted by atomic mass is 16.3. The zero-order valence-electron chi connectivity index (χ0n) is 15.9. The monoisotopic (exact) mass is 343 g/mol. The van der Waals surface area contributed by atoms with E-state index in [9.17, 15) is 9.90 Å². The fourth-order valence-corrected chi connectivity index (χ4v) is 7.14. The van der Waals surface area contributed by atoms with Gasteiger partial charge in [0.1, 0.15) is 6.23 Å². The Kier molecular flexibility index (Phi) is 4.05. The molecule has 0 aliphatic heterocycles. The number of ketones is 1. The van der Waals surface area contributed by atoms with Crippen LogP contribution in [-0.2, 0) is 4.79 Å². The highest BCUT2D eigenvalue weighted by Crippen LogP contribution is 2.66. The molecule has 0 aromatic carbocycles. The van der Waals surface area contributed by atoms with Gasteiger partial charge in [0, 0.05) is 6.42 Å². The van der Waals surface area contributed by atoms with Gasteiger partial charge in [0.25, 0.3) is 0 Å². The van der Waals surface area contributed by atoms with E-state index >= 15 is 0 Å². The van der Waals surface area contributed by atoms with Crippen LogP contribution in [0.4, 0.5) is 0 Å². The number of fused-ring (bicyclic) bond motifs is 5. The van der Waals surface area contributed by atoms with Crippen LogP contribution in [0, 0.1) is 40.4 Å². The fraction of sp³-hybridized carbons (Fsp3) is 0.773. The number of hydrogen-bond donors (Lipinski definition) is 2. The summed E-state index contributed by atoms with van der Waals surface area (Å²) in [5.41, 5.74) is 7.58. The minimum absolute atomic E-state index is 0.164. The number of carbonyl (C=O) groups is 1. The van der Waals surface area contributed by atoms with Crippen molar-refractivity contribution in [2.24, 2.45) is 46.2 Å². The molecule has 4 rings (SSSR count). The summed E-state index contributed by atoms with van der Waals surface area (Å²) in [6, 6.07) is 0. The van der Waals surface area contributed by atoms with Crippen LogP contribution in [-0.4, -0.2) is 17.1 Å². The first-order valence-corrected chi connectivity index (χ1v) is 10.1. The molecule has 4 aliphatic rings. The topological polar surface area (TPSA) is 63.3 Å². The summed E-state index contributed by atoms with van der Waals surface area (Å²) in [6.45, 7) is 6.98. The molecule has 25 heavy (non-hydrogen) atoms. The van der Waals surface area contributed by atoms with Gasteiger partial charge in [-0.05, 0) is 84.2 Å². The van der Waals surface area contributed by atoms with E-state index in [1.165, 1.54) is 31.3 Å². The second-order valence-electron chi connectivity index (χ2n) is 9.71. The first-order valence-electron chi connectivity index (χ1n) is 10.1. The van der Waals surface area contributed by atoms with Crippen LogP contribution in [0.3, 0.4) is 0 Å². The molecule has 4 aliphatic carbocycles. The lowest BCUT2D eigenvalue weighted by molar-refractivity contribution is -0.116. The lowest BCUT2D eigenvalue weighted by Gasteiger charge is -2.56. The molecule has 0 heterocycles. The van der Waals surface area contributed by atoms with Crippen molar-refractivity contribution in [1.82, 2.24) is 0 Å². The molecule has 0 aromatic rings. The SMILES string of the molecule is CC(C(N)O)[C@H]1CC[C@H]2[C@@H]3C=CC4=CC(=O)CC[C@]4(C)[C@H]3CC[C@]12C. The first kappa shape index (κ1) is 17.5. The van der Waals surface area contributed by atoms with Gasteiger partial charge in [-0.15, -0.1) is 0 Å². The van der Waals surface area contributed by atoms with Crippen molar-refractivity contribution in [2.45, 2.75) is 65.5 Å². The third-order valence-electron chi connectivity index (χ3n) is 8.76. The third kappa shape index (κ3) is 2.42. The molecule has 138 valence electrons. The highest BCUT2D eigenvalue weighted by molar-refractivity contribution is 5.92. The zero-order chi connectivity index (χ0) is 18.0. The normalized spacial score (nSPS) is 48.2. The minimum atomic E-state index is -0.711. The van der Waals surface area contributed by atoms with Crippen molar-refractivity contribution in [1.29, 1.82) is 0 Å². The summed E-state index contributed by atoms with van der Waals surface area (Å²) in [5, 5.41) is 9.96. The van der Waals surface area contributed by atoms with E-state index in [-0.39, 0.29) is 16.7 Å². The Bertz CT molecular complexity index is 636. The quantitative estimate of drug-likeness (QED) is 0.749. The number of aliphatic hydroxyl groups excluding tert-OH is 1. The Morgan fingerprint density at radius 3 is 2.68 bits per heavy atom. The summed E-state index contributed by atoms with van der Waals surface area (Å²) in [4.78, 5) is 11.9. The predicted molar refractivity (Wildman–Crippen MR) is 99.5 cm³/mol. The number of nitrogens with two attached hydrogens (primary N) is 1. The molecule has 3 nitrogen and oxygen atoms in total. The highest BCUT2D eigenvalue weighted by Gasteiger charge is 2.58. The standard InChI is InChI=1S/C22H33NO2/c1-13(20(23)25)17-6-7-18-16-5-4-14-12-15(24)8-10-21(14,2)19(16)9-11-22(17,18)3/h4-5,12-13,16-20,25H,6-11,23H2,1-3H3/t13?,16-,17+,18-,19-,20?,21-,22+/m0/s1. The van der Waals surface area contributed by atoms with Crippen LogP contribution in [0.5, 0.6) is 0 Å². The van der Waals surface area contributed by atoms with Crippen molar-refractivity contribution in [3.8, 4) is 0 Å². The molecule has 0 saturated heterocycles.